The van der Waals surface area contributed by atoms with E-state index < -0.39 is 0 Å². The van der Waals surface area contributed by atoms with Gasteiger partial charge in [0.05, 0.1) is 17.6 Å². The lowest BCUT2D eigenvalue weighted by Gasteiger charge is -2.32. The first-order valence-electron chi connectivity index (χ1n) is 11.9. The number of para-hydroxylation sites is 2. The molecule has 0 spiro atoms. The molecule has 0 radical (unpaired) electrons. The molecule has 5 rings (SSSR count). The second-order valence-electron chi connectivity index (χ2n) is 9.02. The van der Waals surface area contributed by atoms with Crippen molar-refractivity contribution < 1.29 is 9.18 Å². The quantitative estimate of drug-likeness (QED) is 0.441. The molecule has 6 heteroatoms. The van der Waals surface area contributed by atoms with Crippen LogP contribution < -0.4 is 10.2 Å². The van der Waals surface area contributed by atoms with Gasteiger partial charge in [0.1, 0.15) is 5.82 Å². The molecule has 34 heavy (non-hydrogen) atoms. The van der Waals surface area contributed by atoms with E-state index in [0.717, 1.165) is 54.0 Å². The van der Waals surface area contributed by atoms with Gasteiger partial charge in [0.25, 0.3) is 0 Å². The van der Waals surface area contributed by atoms with Gasteiger partial charge in [-0.3, -0.25) is 4.79 Å². The Balaban J connectivity index is 1.29. The van der Waals surface area contributed by atoms with Gasteiger partial charge in [-0.1, -0.05) is 48.5 Å². The molecule has 0 bridgehead atoms. The van der Waals surface area contributed by atoms with Gasteiger partial charge in [0, 0.05) is 25.6 Å². The minimum absolute atomic E-state index is 0.00122. The molecular weight excluding hydrogens is 427 g/mol. The molecular formula is C28H29FN4O. The highest BCUT2D eigenvalue weighted by atomic mass is 19.1. The average Bonchev–Trinajstić information content (AvgIpc) is 3.22. The zero-order valence-corrected chi connectivity index (χ0v) is 19.4. The molecule has 2 heterocycles. The minimum atomic E-state index is -0.235. The summed E-state index contributed by atoms with van der Waals surface area (Å²) in [5.74, 6) is 0.766. The number of amides is 1. The van der Waals surface area contributed by atoms with Crippen LogP contribution in [0.15, 0.2) is 72.8 Å². The SMILES string of the molecule is Cc1ccccc1CNC(=O)C1CCN(c2nc3ccccc3n2Cc2cccc(F)c2)CC1. The van der Waals surface area contributed by atoms with Crippen LogP contribution in [0.5, 0.6) is 0 Å². The maximum absolute atomic E-state index is 13.8. The Morgan fingerprint density at radius 3 is 2.59 bits per heavy atom. The number of hydrogen-bond donors (Lipinski definition) is 1. The predicted octanol–water partition coefficient (Wildman–Crippen LogP) is 5.06. The van der Waals surface area contributed by atoms with E-state index in [1.54, 1.807) is 12.1 Å². The van der Waals surface area contributed by atoms with Gasteiger partial charge in [-0.15, -0.1) is 0 Å². The van der Waals surface area contributed by atoms with E-state index in [1.165, 1.54) is 11.6 Å². The van der Waals surface area contributed by atoms with E-state index in [1.807, 2.05) is 36.4 Å². The number of nitrogens with one attached hydrogen (secondary N) is 1. The Hall–Kier alpha value is -3.67. The smallest absolute Gasteiger partial charge is 0.223 e. The van der Waals surface area contributed by atoms with Gasteiger partial charge in [0.2, 0.25) is 11.9 Å². The maximum Gasteiger partial charge on any atom is 0.223 e. The largest absolute Gasteiger partial charge is 0.352 e. The highest BCUT2D eigenvalue weighted by Gasteiger charge is 2.27. The van der Waals surface area contributed by atoms with Crippen molar-refractivity contribution in [2.24, 2.45) is 5.92 Å². The molecule has 0 aliphatic carbocycles. The third kappa shape index (κ3) is 4.67. The lowest BCUT2D eigenvalue weighted by Crippen LogP contribution is -2.41. The van der Waals surface area contributed by atoms with Crippen molar-refractivity contribution >= 4 is 22.9 Å². The summed E-state index contributed by atoms with van der Waals surface area (Å²) in [5, 5.41) is 3.12. The number of hydrogen-bond acceptors (Lipinski definition) is 3. The number of fused-ring (bicyclic) bond motifs is 1. The fraction of sp³-hybridized carbons (Fsp3) is 0.286. The number of benzene rings is 3. The number of aryl methyl sites for hydroxylation is 1. The Morgan fingerprint density at radius 2 is 1.79 bits per heavy atom. The van der Waals surface area contributed by atoms with Gasteiger partial charge in [-0.05, 0) is 60.7 Å². The van der Waals surface area contributed by atoms with Crippen LogP contribution in [-0.2, 0) is 17.9 Å². The van der Waals surface area contributed by atoms with E-state index in [-0.39, 0.29) is 17.6 Å². The van der Waals surface area contributed by atoms with Crippen LogP contribution in [0.1, 0.15) is 29.5 Å². The summed E-state index contributed by atoms with van der Waals surface area (Å²) in [6, 6.07) is 22.9. The van der Waals surface area contributed by atoms with Crippen molar-refractivity contribution in [3.05, 3.63) is 95.3 Å². The van der Waals surface area contributed by atoms with Crippen LogP contribution >= 0.6 is 0 Å². The van der Waals surface area contributed by atoms with E-state index in [9.17, 15) is 9.18 Å². The van der Waals surface area contributed by atoms with Crippen LogP contribution in [-0.4, -0.2) is 28.5 Å². The normalized spacial score (nSPS) is 14.5. The topological polar surface area (TPSA) is 50.2 Å². The maximum atomic E-state index is 13.8. The number of imidazole rings is 1. The second kappa shape index (κ2) is 9.67. The van der Waals surface area contributed by atoms with E-state index in [4.69, 9.17) is 4.98 Å². The van der Waals surface area contributed by atoms with Gasteiger partial charge in [-0.25, -0.2) is 9.37 Å². The van der Waals surface area contributed by atoms with Crippen LogP contribution in [0, 0.1) is 18.7 Å². The summed E-state index contributed by atoms with van der Waals surface area (Å²) in [5.41, 5.74) is 5.19. The van der Waals surface area contributed by atoms with Gasteiger partial charge in [-0.2, -0.15) is 0 Å². The minimum Gasteiger partial charge on any atom is -0.352 e. The van der Waals surface area contributed by atoms with E-state index in [2.05, 4.69) is 39.9 Å². The standard InChI is InChI=1S/C28H29FN4O/c1-20-7-2-3-9-23(20)18-30-27(34)22-13-15-32(16-14-22)28-31-25-11-4-5-12-26(25)33(28)19-21-8-6-10-24(29)17-21/h2-12,17,22H,13-16,18-19H2,1H3,(H,30,34). The molecule has 1 aromatic heterocycles. The number of rotatable bonds is 6. The van der Waals surface area contributed by atoms with Crippen molar-refractivity contribution in [3.63, 3.8) is 0 Å². The molecule has 0 unspecified atom stereocenters. The number of piperidine rings is 1. The molecule has 1 fully saturated rings. The molecule has 1 aliphatic rings. The van der Waals surface area contributed by atoms with Crippen molar-refractivity contribution in [1.82, 2.24) is 14.9 Å². The number of halogens is 1. The zero-order valence-electron chi connectivity index (χ0n) is 19.4. The molecule has 1 saturated heterocycles. The lowest BCUT2D eigenvalue weighted by molar-refractivity contribution is -0.125. The Labute approximate surface area is 199 Å². The third-order valence-corrected chi connectivity index (χ3v) is 6.73. The summed E-state index contributed by atoms with van der Waals surface area (Å²) in [6.45, 7) is 4.69. The number of anilines is 1. The fourth-order valence-electron chi connectivity index (χ4n) is 4.75. The van der Waals surface area contributed by atoms with Crippen LogP contribution in [0.3, 0.4) is 0 Å². The Bertz CT molecular complexity index is 1310. The second-order valence-corrected chi connectivity index (χ2v) is 9.02. The monoisotopic (exact) mass is 456 g/mol. The van der Waals surface area contributed by atoms with Gasteiger partial charge < -0.3 is 14.8 Å². The molecule has 3 aromatic carbocycles. The molecule has 1 N–H and O–H groups in total. The molecule has 5 nitrogen and oxygen atoms in total. The molecule has 1 amide bonds. The molecule has 4 aromatic rings. The summed E-state index contributed by atoms with van der Waals surface area (Å²) in [4.78, 5) is 20.0. The molecule has 1 aliphatic heterocycles. The zero-order chi connectivity index (χ0) is 23.5. The summed E-state index contributed by atoms with van der Waals surface area (Å²) >= 11 is 0. The van der Waals surface area contributed by atoms with Crippen molar-refractivity contribution in [2.75, 3.05) is 18.0 Å². The number of aromatic nitrogens is 2. The molecule has 174 valence electrons. The summed E-state index contributed by atoms with van der Waals surface area (Å²) in [6.07, 6.45) is 1.56. The van der Waals surface area contributed by atoms with Crippen LogP contribution in [0.4, 0.5) is 10.3 Å². The van der Waals surface area contributed by atoms with E-state index >= 15 is 0 Å². The molecule has 0 saturated carbocycles. The van der Waals surface area contributed by atoms with Crippen molar-refractivity contribution in [2.45, 2.75) is 32.9 Å². The van der Waals surface area contributed by atoms with Crippen LogP contribution in [0.2, 0.25) is 0 Å². The Kier molecular flexibility index (Phi) is 6.30. The highest BCUT2D eigenvalue weighted by molar-refractivity contribution is 5.80. The first kappa shape index (κ1) is 22.1. The summed E-state index contributed by atoms with van der Waals surface area (Å²) in [7, 11) is 0. The van der Waals surface area contributed by atoms with E-state index in [0.29, 0.717) is 13.1 Å². The van der Waals surface area contributed by atoms with Crippen molar-refractivity contribution in [3.8, 4) is 0 Å². The third-order valence-electron chi connectivity index (χ3n) is 6.73. The highest BCUT2D eigenvalue weighted by Crippen LogP contribution is 2.28. The van der Waals surface area contributed by atoms with Gasteiger partial charge >= 0.3 is 0 Å². The van der Waals surface area contributed by atoms with Crippen LogP contribution in [0.25, 0.3) is 11.0 Å². The number of nitrogens with zero attached hydrogens (tertiary/aromatic N) is 3. The van der Waals surface area contributed by atoms with Crippen molar-refractivity contribution in [1.29, 1.82) is 0 Å². The lowest BCUT2D eigenvalue weighted by atomic mass is 9.96. The average molecular weight is 457 g/mol. The molecule has 0 atom stereocenters. The first-order chi connectivity index (χ1) is 16.6. The number of carbonyl (C=O) groups is 1. The predicted molar refractivity (Wildman–Crippen MR) is 133 cm³/mol. The summed E-state index contributed by atoms with van der Waals surface area (Å²) < 4.78 is 16.0. The fourth-order valence-corrected chi connectivity index (χ4v) is 4.75. The van der Waals surface area contributed by atoms with Gasteiger partial charge in [0.15, 0.2) is 0 Å². The number of carbonyl (C=O) groups excluding carboxylic acids is 1. The first-order valence-corrected chi connectivity index (χ1v) is 11.9. The Morgan fingerprint density at radius 1 is 1.03 bits per heavy atom.